The molecule has 5 rings (SSSR count). The number of fused-ring (bicyclic) bond motifs is 1. The van der Waals surface area contributed by atoms with Crippen LogP contribution in [0.25, 0.3) is 16.6 Å². The number of para-hydroxylation sites is 1. The Kier molecular flexibility index (Phi) is 8.31. The monoisotopic (exact) mass is 500 g/mol. The van der Waals surface area contributed by atoms with E-state index >= 15 is 0 Å². The van der Waals surface area contributed by atoms with Gasteiger partial charge in [0.2, 0.25) is 0 Å². The number of carbonyl (C=O) groups is 1. The van der Waals surface area contributed by atoms with Gasteiger partial charge in [0, 0.05) is 55.6 Å². The van der Waals surface area contributed by atoms with Crippen LogP contribution in [0.15, 0.2) is 67.0 Å². The van der Waals surface area contributed by atoms with Gasteiger partial charge in [0.25, 0.3) is 5.91 Å². The zero-order valence-corrected chi connectivity index (χ0v) is 20.5. The molecular weight excluding hydrogens is 474 g/mol. The van der Waals surface area contributed by atoms with Crippen molar-refractivity contribution in [1.82, 2.24) is 19.8 Å². The van der Waals surface area contributed by atoms with Gasteiger partial charge in [-0.05, 0) is 42.3 Å². The van der Waals surface area contributed by atoms with E-state index in [-0.39, 0.29) is 36.5 Å². The minimum absolute atomic E-state index is 0. The van der Waals surface area contributed by atoms with Crippen LogP contribution in [0.2, 0.25) is 0 Å². The summed E-state index contributed by atoms with van der Waals surface area (Å²) in [4.78, 5) is 20.1. The summed E-state index contributed by atoms with van der Waals surface area (Å²) < 4.78 is 16.5. The summed E-state index contributed by atoms with van der Waals surface area (Å²) >= 11 is 0. The second kappa shape index (κ2) is 11.0. The van der Waals surface area contributed by atoms with Gasteiger partial charge in [-0.25, -0.2) is 4.39 Å². The first-order valence-corrected chi connectivity index (χ1v) is 10.9. The highest BCUT2D eigenvalue weighted by molar-refractivity contribution is 6.09. The summed E-state index contributed by atoms with van der Waals surface area (Å²) in [5.41, 5.74) is 4.84. The average Bonchev–Trinajstić information content (AvgIpc) is 3.16. The lowest BCUT2D eigenvalue weighted by molar-refractivity contribution is 0.0736. The maximum Gasteiger partial charge on any atom is 0.256 e. The molecule has 0 unspecified atom stereocenters. The number of hydrogen-bond donors (Lipinski definition) is 1. The minimum Gasteiger partial charge on any atom is -0.336 e. The molecular formula is C26H27Cl2FN4O. The van der Waals surface area contributed by atoms with E-state index in [4.69, 9.17) is 0 Å². The molecule has 0 saturated carbocycles. The molecule has 0 aliphatic carbocycles. The quantitative estimate of drug-likeness (QED) is 0.431. The van der Waals surface area contributed by atoms with E-state index in [1.54, 1.807) is 25.4 Å². The lowest BCUT2D eigenvalue weighted by Gasteiger charge is -2.28. The van der Waals surface area contributed by atoms with E-state index in [0.29, 0.717) is 30.6 Å². The summed E-state index contributed by atoms with van der Waals surface area (Å²) in [6.45, 7) is 4.69. The molecule has 0 spiro atoms. The molecule has 178 valence electrons. The molecule has 2 aromatic heterocycles. The van der Waals surface area contributed by atoms with E-state index in [1.165, 1.54) is 6.07 Å². The Labute approximate surface area is 210 Å². The van der Waals surface area contributed by atoms with Crippen molar-refractivity contribution < 1.29 is 9.18 Å². The van der Waals surface area contributed by atoms with E-state index in [1.807, 2.05) is 47.4 Å². The van der Waals surface area contributed by atoms with Crippen LogP contribution in [0.1, 0.15) is 27.2 Å². The minimum atomic E-state index is -0.235. The predicted octanol–water partition coefficient (Wildman–Crippen LogP) is 4.95. The summed E-state index contributed by atoms with van der Waals surface area (Å²) in [6.07, 6.45) is 3.97. The van der Waals surface area contributed by atoms with Crippen LogP contribution < -0.4 is 5.32 Å². The Morgan fingerprint density at radius 1 is 1.03 bits per heavy atom. The van der Waals surface area contributed by atoms with E-state index in [0.717, 1.165) is 40.9 Å². The van der Waals surface area contributed by atoms with E-state index < -0.39 is 0 Å². The Bertz CT molecular complexity index is 1290. The van der Waals surface area contributed by atoms with Crippen LogP contribution in [-0.2, 0) is 6.42 Å². The number of amides is 1. The van der Waals surface area contributed by atoms with Crippen molar-refractivity contribution in [2.45, 2.75) is 13.3 Å². The second-order valence-corrected chi connectivity index (χ2v) is 8.13. The van der Waals surface area contributed by atoms with E-state index in [2.05, 4.69) is 14.9 Å². The first-order valence-electron chi connectivity index (χ1n) is 10.9. The zero-order chi connectivity index (χ0) is 22.1. The van der Waals surface area contributed by atoms with Gasteiger partial charge >= 0.3 is 0 Å². The maximum absolute atomic E-state index is 14.4. The summed E-state index contributed by atoms with van der Waals surface area (Å²) in [7, 11) is 0. The molecule has 0 atom stereocenters. The van der Waals surface area contributed by atoms with Crippen molar-refractivity contribution in [3.63, 3.8) is 0 Å². The number of nitrogens with one attached hydrogen (secondary N) is 1. The predicted molar refractivity (Wildman–Crippen MR) is 138 cm³/mol. The molecule has 1 aliphatic rings. The smallest absolute Gasteiger partial charge is 0.256 e. The number of nitrogens with zero attached hydrogens (tertiary/aromatic N) is 3. The van der Waals surface area contributed by atoms with Gasteiger partial charge < -0.3 is 14.8 Å². The van der Waals surface area contributed by atoms with Gasteiger partial charge in [0.05, 0.1) is 17.3 Å². The molecule has 2 aromatic carbocycles. The molecule has 0 radical (unpaired) electrons. The first kappa shape index (κ1) is 25.7. The number of halogens is 3. The summed E-state index contributed by atoms with van der Waals surface area (Å²) in [6, 6.07) is 17.0. The highest BCUT2D eigenvalue weighted by Gasteiger charge is 2.28. The number of pyridine rings is 1. The van der Waals surface area contributed by atoms with Crippen LogP contribution in [0.5, 0.6) is 0 Å². The average molecular weight is 501 g/mol. The zero-order valence-electron chi connectivity index (χ0n) is 18.8. The molecule has 8 heteroatoms. The van der Waals surface area contributed by atoms with Gasteiger partial charge in [-0.15, -0.1) is 24.8 Å². The molecule has 3 heterocycles. The number of rotatable bonds is 4. The Morgan fingerprint density at radius 2 is 1.76 bits per heavy atom. The fourth-order valence-electron chi connectivity index (χ4n) is 4.52. The molecule has 1 fully saturated rings. The van der Waals surface area contributed by atoms with Gasteiger partial charge in [-0.2, -0.15) is 0 Å². The largest absolute Gasteiger partial charge is 0.336 e. The molecule has 34 heavy (non-hydrogen) atoms. The summed E-state index contributed by atoms with van der Waals surface area (Å²) in [5.74, 6) is -0.219. The van der Waals surface area contributed by atoms with Crippen molar-refractivity contribution in [3.05, 3.63) is 95.2 Å². The van der Waals surface area contributed by atoms with Crippen molar-refractivity contribution >= 4 is 41.6 Å². The highest BCUT2D eigenvalue weighted by atomic mass is 35.5. The fraction of sp³-hybridized carbons (Fsp3) is 0.231. The maximum atomic E-state index is 14.4. The molecule has 1 saturated heterocycles. The van der Waals surface area contributed by atoms with Gasteiger partial charge in [0.15, 0.2) is 0 Å². The molecule has 1 amide bonds. The molecule has 0 bridgehead atoms. The van der Waals surface area contributed by atoms with Crippen LogP contribution in [0.3, 0.4) is 0 Å². The number of aromatic nitrogens is 2. The van der Waals surface area contributed by atoms with Gasteiger partial charge in [-0.3, -0.25) is 9.78 Å². The summed E-state index contributed by atoms with van der Waals surface area (Å²) in [5, 5.41) is 4.18. The number of benzene rings is 2. The van der Waals surface area contributed by atoms with Crippen LogP contribution in [-0.4, -0.2) is 46.5 Å². The normalized spacial score (nSPS) is 13.3. The van der Waals surface area contributed by atoms with Crippen LogP contribution in [0, 0.1) is 12.7 Å². The first-order chi connectivity index (χ1) is 15.6. The van der Waals surface area contributed by atoms with Crippen LogP contribution >= 0.6 is 24.8 Å². The van der Waals surface area contributed by atoms with Gasteiger partial charge in [0.1, 0.15) is 5.82 Å². The van der Waals surface area contributed by atoms with Crippen molar-refractivity contribution in [2.75, 3.05) is 26.2 Å². The Balaban J connectivity index is 0.00000162. The molecule has 1 N–H and O–H groups in total. The van der Waals surface area contributed by atoms with Crippen molar-refractivity contribution in [3.8, 4) is 5.69 Å². The van der Waals surface area contributed by atoms with Crippen molar-refractivity contribution in [2.24, 2.45) is 0 Å². The third-order valence-corrected chi connectivity index (χ3v) is 6.24. The Morgan fingerprint density at radius 3 is 2.50 bits per heavy atom. The topological polar surface area (TPSA) is 50.2 Å². The third-order valence-electron chi connectivity index (χ3n) is 6.24. The number of hydrogen-bond acceptors (Lipinski definition) is 3. The molecule has 5 nitrogen and oxygen atoms in total. The number of carbonyl (C=O) groups excluding carboxylic acids is 1. The highest BCUT2D eigenvalue weighted by Crippen LogP contribution is 2.32. The SMILES string of the molecule is Cc1c(F)cccc1Cc1c(C(=O)N2CCNCC2)c2ccncc2n1-c1ccccc1.Cl.Cl. The van der Waals surface area contributed by atoms with Crippen molar-refractivity contribution in [1.29, 1.82) is 0 Å². The fourth-order valence-corrected chi connectivity index (χ4v) is 4.52. The third kappa shape index (κ3) is 4.67. The lowest BCUT2D eigenvalue weighted by Crippen LogP contribution is -2.46. The lowest BCUT2D eigenvalue weighted by atomic mass is 9.99. The van der Waals surface area contributed by atoms with E-state index in [9.17, 15) is 9.18 Å². The molecule has 1 aliphatic heterocycles. The Hall–Kier alpha value is -2.93. The van der Waals surface area contributed by atoms with Crippen LogP contribution in [0.4, 0.5) is 4.39 Å². The van der Waals surface area contributed by atoms with Gasteiger partial charge in [-0.1, -0.05) is 30.3 Å². The molecule has 4 aromatic rings. The standard InChI is InChI=1S/C26H25FN4O.2ClH/c1-18-19(6-5-9-22(18)27)16-23-25(26(32)30-14-12-28-13-15-30)21-10-11-29-17-24(21)31(23)20-7-3-2-4-8-20;;/h2-11,17,28H,12-16H2,1H3;2*1H. The number of piperazine rings is 1. The second-order valence-electron chi connectivity index (χ2n) is 8.13.